The van der Waals surface area contributed by atoms with E-state index in [9.17, 15) is 0 Å². The molecular weight excluding hydrogens is 957 g/mol. The Morgan fingerprint density at radius 3 is 0.853 bits per heavy atom. The molecule has 68 heavy (non-hydrogen) atoms. The molecule has 0 aliphatic heterocycles. The average molecular weight is 1030 g/mol. The van der Waals surface area contributed by atoms with Crippen LogP contribution in [0.15, 0.2) is 130 Å². The Hall–Kier alpha value is -4.38. The SMILES string of the molecule is CC1(C)c2cc(N(c3ccc(Br)cc3)c3ccc4c(ccc5cc(N(c6ccc(Br)cc6)c6cc7c8c(c6)C(C)(C)C(C)(C)C8C(C)(C)C7(C)C)ccc54)c3)cc3c2C(C1(C)C)C(C)(C)C3(C)C. The normalized spacial score (nSPS) is 21.3. The highest BCUT2D eigenvalue weighted by molar-refractivity contribution is 9.10. The largest absolute Gasteiger partial charge is 0.310 e. The summed E-state index contributed by atoms with van der Waals surface area (Å²) in [6, 6.07) is 46.8. The maximum atomic E-state index is 3.74. The van der Waals surface area contributed by atoms with Crippen molar-refractivity contribution in [3.8, 4) is 0 Å². The molecule has 11 rings (SSSR count). The van der Waals surface area contributed by atoms with Crippen LogP contribution in [0.2, 0.25) is 0 Å². The first kappa shape index (κ1) is 46.0. The molecule has 350 valence electrons. The monoisotopic (exact) mass is 1020 g/mol. The lowest BCUT2D eigenvalue weighted by Gasteiger charge is -2.49. The van der Waals surface area contributed by atoms with Gasteiger partial charge in [-0.2, -0.15) is 0 Å². The summed E-state index contributed by atoms with van der Waals surface area (Å²) in [4.78, 5) is 5.00. The molecule has 4 aliphatic carbocycles. The number of benzene rings is 7. The van der Waals surface area contributed by atoms with Crippen molar-refractivity contribution in [2.24, 2.45) is 21.7 Å². The summed E-state index contributed by atoms with van der Waals surface area (Å²) in [5.74, 6) is 0.972. The molecule has 4 heteroatoms. The highest BCUT2D eigenvalue weighted by atomic mass is 79.9. The number of halogens is 2. The summed E-state index contributed by atoms with van der Waals surface area (Å²) < 4.78 is 2.16. The van der Waals surface area contributed by atoms with Crippen molar-refractivity contribution in [1.29, 1.82) is 0 Å². The van der Waals surface area contributed by atoms with E-state index in [1.165, 1.54) is 55.2 Å². The third-order valence-corrected chi connectivity index (χ3v) is 22.0. The standard InChI is InChI=1S/C64H70Br2N2/c1-57(2)49-33-45(34-50-53(49)55(61(57,9)10)62(11,12)58(50,3)4)67(41-23-19-39(65)20-24-41)43-27-29-47-37(31-43)17-18-38-32-44(28-30-48(38)47)68(42-25-21-40(66)22-26-42)46-35-51-54-52(36-46)60(7,8)64(15,16)56(54)63(13,14)59(51,5)6/h17-36,55-56H,1-16H3. The minimum Gasteiger partial charge on any atom is -0.310 e. The molecule has 7 aromatic rings. The van der Waals surface area contributed by atoms with Gasteiger partial charge in [0.25, 0.3) is 0 Å². The summed E-state index contributed by atoms with van der Waals surface area (Å²) in [6.07, 6.45) is 0. The van der Waals surface area contributed by atoms with Crippen LogP contribution in [0.4, 0.5) is 34.1 Å². The van der Waals surface area contributed by atoms with Gasteiger partial charge in [0.2, 0.25) is 0 Å². The summed E-state index contributed by atoms with van der Waals surface area (Å²) in [6.45, 7) is 40.0. The maximum Gasteiger partial charge on any atom is 0.0468 e. The first-order valence-electron chi connectivity index (χ1n) is 25.0. The number of rotatable bonds is 6. The fraction of sp³-hybridized carbons (Fsp3) is 0.406. The Morgan fingerprint density at radius 2 is 0.574 bits per heavy atom. The van der Waals surface area contributed by atoms with Crippen molar-refractivity contribution in [1.82, 2.24) is 0 Å². The maximum absolute atomic E-state index is 3.74. The molecule has 0 aromatic heterocycles. The van der Waals surface area contributed by atoms with Crippen molar-refractivity contribution in [2.45, 2.75) is 144 Å². The van der Waals surface area contributed by atoms with Gasteiger partial charge in [0, 0.05) is 43.1 Å². The van der Waals surface area contributed by atoms with Gasteiger partial charge >= 0.3 is 0 Å². The van der Waals surface area contributed by atoms with E-state index in [1.807, 2.05) is 0 Å². The van der Waals surface area contributed by atoms with Crippen LogP contribution in [-0.2, 0) is 21.7 Å². The summed E-state index contributed by atoms with van der Waals surface area (Å²) >= 11 is 7.49. The Labute approximate surface area is 424 Å². The van der Waals surface area contributed by atoms with Gasteiger partial charge in [0.05, 0.1) is 0 Å². The smallest absolute Gasteiger partial charge is 0.0468 e. The summed E-state index contributed by atoms with van der Waals surface area (Å²) in [5, 5.41) is 4.98. The molecule has 0 amide bonds. The van der Waals surface area contributed by atoms with Gasteiger partial charge in [0.1, 0.15) is 0 Å². The number of hydrogen-bond donors (Lipinski definition) is 0. The lowest BCUT2D eigenvalue weighted by Crippen LogP contribution is -2.44. The Bertz CT molecular complexity index is 2950. The van der Waals surface area contributed by atoms with Crippen molar-refractivity contribution in [3.63, 3.8) is 0 Å². The second kappa shape index (κ2) is 14.2. The molecule has 2 nitrogen and oxygen atoms in total. The highest BCUT2D eigenvalue weighted by Gasteiger charge is 2.67. The van der Waals surface area contributed by atoms with Gasteiger partial charge in [-0.25, -0.2) is 0 Å². The molecule has 0 N–H and O–H groups in total. The van der Waals surface area contributed by atoms with E-state index in [4.69, 9.17) is 0 Å². The fourth-order valence-electron chi connectivity index (χ4n) is 14.7. The van der Waals surface area contributed by atoms with Crippen LogP contribution in [0, 0.1) is 21.7 Å². The minimum absolute atomic E-state index is 0.00666. The zero-order valence-electron chi connectivity index (χ0n) is 43.4. The average Bonchev–Trinajstić information content (AvgIpc) is 3.70. The van der Waals surface area contributed by atoms with E-state index >= 15 is 0 Å². The predicted molar refractivity (Wildman–Crippen MR) is 299 cm³/mol. The van der Waals surface area contributed by atoms with Gasteiger partial charge < -0.3 is 9.80 Å². The predicted octanol–water partition coefficient (Wildman–Crippen LogP) is 19.9. The third-order valence-electron chi connectivity index (χ3n) is 20.9. The quantitative estimate of drug-likeness (QED) is 0.153. The van der Waals surface area contributed by atoms with Crippen LogP contribution in [0.5, 0.6) is 0 Å². The van der Waals surface area contributed by atoms with E-state index in [0.717, 1.165) is 31.7 Å². The first-order chi connectivity index (χ1) is 31.6. The van der Waals surface area contributed by atoms with Crippen molar-refractivity contribution >= 4 is 87.5 Å². The van der Waals surface area contributed by atoms with E-state index < -0.39 is 0 Å². The van der Waals surface area contributed by atoms with Gasteiger partial charge in [-0.05, 0) is 207 Å². The van der Waals surface area contributed by atoms with E-state index in [0.29, 0.717) is 11.8 Å². The van der Waals surface area contributed by atoms with Gasteiger partial charge in [-0.1, -0.05) is 167 Å². The second-order valence-corrected chi connectivity index (χ2v) is 27.5. The molecule has 0 unspecified atom stereocenters. The molecule has 0 radical (unpaired) electrons. The molecule has 7 aromatic carbocycles. The Morgan fingerprint density at radius 1 is 0.309 bits per heavy atom. The Balaban J connectivity index is 1.05. The van der Waals surface area contributed by atoms with E-state index in [-0.39, 0.29) is 43.3 Å². The van der Waals surface area contributed by atoms with Crippen LogP contribution in [0.1, 0.15) is 156 Å². The van der Waals surface area contributed by atoms with Crippen LogP contribution in [0.25, 0.3) is 21.5 Å². The van der Waals surface area contributed by atoms with Gasteiger partial charge in [-0.15, -0.1) is 0 Å². The zero-order valence-corrected chi connectivity index (χ0v) is 46.5. The minimum atomic E-state index is 0.00666. The number of hydrogen-bond acceptors (Lipinski definition) is 2. The van der Waals surface area contributed by atoms with Crippen LogP contribution in [0.3, 0.4) is 0 Å². The van der Waals surface area contributed by atoms with Crippen LogP contribution in [-0.4, -0.2) is 0 Å². The van der Waals surface area contributed by atoms with Gasteiger partial charge in [0.15, 0.2) is 0 Å². The third kappa shape index (κ3) is 5.74. The van der Waals surface area contributed by atoms with Crippen molar-refractivity contribution in [3.05, 3.63) is 164 Å². The highest BCUT2D eigenvalue weighted by Crippen LogP contribution is 2.75. The fourth-order valence-corrected chi connectivity index (χ4v) is 15.2. The van der Waals surface area contributed by atoms with Crippen LogP contribution >= 0.6 is 31.9 Å². The molecule has 0 bridgehead atoms. The van der Waals surface area contributed by atoms with E-state index in [1.54, 1.807) is 11.1 Å². The molecule has 0 saturated carbocycles. The molecule has 0 heterocycles. The lowest BCUT2D eigenvalue weighted by atomic mass is 9.54. The summed E-state index contributed by atoms with van der Waals surface area (Å²) in [7, 11) is 0. The van der Waals surface area contributed by atoms with Crippen molar-refractivity contribution < 1.29 is 0 Å². The van der Waals surface area contributed by atoms with Crippen LogP contribution < -0.4 is 9.80 Å². The molecule has 4 aliphatic rings. The molecule has 0 atom stereocenters. The van der Waals surface area contributed by atoms with Crippen molar-refractivity contribution in [2.75, 3.05) is 9.80 Å². The number of nitrogens with zero attached hydrogens (tertiary/aromatic N) is 2. The number of anilines is 6. The molecule has 0 fully saturated rings. The van der Waals surface area contributed by atoms with E-state index in [2.05, 4.69) is 274 Å². The zero-order chi connectivity index (χ0) is 48.8. The van der Waals surface area contributed by atoms with Gasteiger partial charge in [-0.3, -0.25) is 0 Å². The first-order valence-corrected chi connectivity index (χ1v) is 26.6. The Kier molecular flexibility index (Phi) is 9.58. The second-order valence-electron chi connectivity index (χ2n) is 25.7. The summed E-state index contributed by atoms with van der Waals surface area (Å²) in [5.41, 5.74) is 16.8. The molecule has 0 saturated heterocycles. The lowest BCUT2D eigenvalue weighted by molar-refractivity contribution is 0.0633. The topological polar surface area (TPSA) is 6.48 Å². The molecular formula is C64H70Br2N2. The molecule has 0 spiro atoms. The number of fused-ring (bicyclic) bond motifs is 3.